The van der Waals surface area contributed by atoms with Crippen LogP contribution in [0.1, 0.15) is 10.4 Å². The largest absolute Gasteiger partial charge is 0.492 e. The second-order valence-electron chi connectivity index (χ2n) is 3.80. The molecule has 0 unspecified atom stereocenters. The van der Waals surface area contributed by atoms with Crippen molar-refractivity contribution in [3.63, 3.8) is 0 Å². The number of hydrogen-bond acceptors (Lipinski definition) is 4. The Morgan fingerprint density at radius 3 is 2.95 bits per heavy atom. The number of ether oxygens (including phenoxy) is 1. The number of thiophene rings is 1. The van der Waals surface area contributed by atoms with Crippen LogP contribution >= 0.6 is 27.3 Å². The van der Waals surface area contributed by atoms with Gasteiger partial charge in [-0.15, -0.1) is 11.3 Å². The van der Waals surface area contributed by atoms with Crippen molar-refractivity contribution in [1.29, 1.82) is 0 Å². The van der Waals surface area contributed by atoms with Crippen molar-refractivity contribution < 1.29 is 9.94 Å². The summed E-state index contributed by atoms with van der Waals surface area (Å²) in [5.41, 5.74) is 6.20. The number of benzene rings is 1. The fraction of sp³-hybridized carbons (Fsp3) is 0.154. The Labute approximate surface area is 123 Å². The highest BCUT2D eigenvalue weighted by molar-refractivity contribution is 9.10. The first-order valence-corrected chi connectivity index (χ1v) is 7.30. The second-order valence-corrected chi connectivity index (χ2v) is 5.75. The minimum Gasteiger partial charge on any atom is -0.492 e. The Balaban J connectivity index is 2.07. The molecule has 0 spiro atoms. The van der Waals surface area contributed by atoms with E-state index in [-0.39, 0.29) is 5.84 Å². The Kier molecular flexibility index (Phi) is 4.81. The molecule has 3 N–H and O–H groups in total. The smallest absolute Gasteiger partial charge is 0.173 e. The van der Waals surface area contributed by atoms with Crippen LogP contribution in [0, 0.1) is 0 Å². The SMILES string of the molecule is N/C(=N/O)c1cc(Br)ccc1OCCc1cccs1. The van der Waals surface area contributed by atoms with Gasteiger partial charge in [-0.25, -0.2) is 0 Å². The zero-order chi connectivity index (χ0) is 13.7. The molecule has 0 aliphatic heterocycles. The van der Waals surface area contributed by atoms with Crippen molar-refractivity contribution in [2.45, 2.75) is 6.42 Å². The van der Waals surface area contributed by atoms with Crippen LogP contribution in [0.5, 0.6) is 5.75 Å². The average Bonchev–Trinajstić information content (AvgIpc) is 2.92. The second kappa shape index (κ2) is 6.58. The Hall–Kier alpha value is -1.53. The van der Waals surface area contributed by atoms with E-state index in [9.17, 15) is 0 Å². The molecule has 1 aromatic heterocycles. The van der Waals surface area contributed by atoms with Crippen molar-refractivity contribution in [2.75, 3.05) is 6.61 Å². The molecule has 0 saturated carbocycles. The van der Waals surface area contributed by atoms with E-state index in [4.69, 9.17) is 15.7 Å². The highest BCUT2D eigenvalue weighted by Crippen LogP contribution is 2.23. The highest BCUT2D eigenvalue weighted by atomic mass is 79.9. The van der Waals surface area contributed by atoms with Gasteiger partial charge in [0.25, 0.3) is 0 Å². The first kappa shape index (κ1) is 13.9. The van der Waals surface area contributed by atoms with E-state index >= 15 is 0 Å². The van der Waals surface area contributed by atoms with Crippen LogP contribution in [0.4, 0.5) is 0 Å². The molecular formula is C13H13BrN2O2S. The van der Waals surface area contributed by atoms with Gasteiger partial charge in [0.2, 0.25) is 0 Å². The van der Waals surface area contributed by atoms with Crippen LogP contribution in [0.25, 0.3) is 0 Å². The molecule has 19 heavy (non-hydrogen) atoms. The van der Waals surface area contributed by atoms with Crippen LogP contribution in [-0.4, -0.2) is 17.6 Å². The molecule has 0 radical (unpaired) electrons. The van der Waals surface area contributed by atoms with E-state index in [1.54, 1.807) is 23.5 Å². The monoisotopic (exact) mass is 340 g/mol. The third kappa shape index (κ3) is 3.71. The van der Waals surface area contributed by atoms with Crippen LogP contribution in [0.3, 0.4) is 0 Å². The standard InChI is InChI=1S/C13H13BrN2O2S/c14-9-3-4-12(11(8-9)13(15)16-17)18-6-5-10-2-1-7-19-10/h1-4,7-8,17H,5-6H2,(H2,15,16). The van der Waals surface area contributed by atoms with Crippen LogP contribution in [0.2, 0.25) is 0 Å². The number of nitrogens with zero attached hydrogens (tertiary/aromatic N) is 1. The summed E-state index contributed by atoms with van der Waals surface area (Å²) in [6.45, 7) is 0.549. The number of hydrogen-bond donors (Lipinski definition) is 2. The Morgan fingerprint density at radius 1 is 1.42 bits per heavy atom. The van der Waals surface area contributed by atoms with Gasteiger partial charge < -0.3 is 15.7 Å². The first-order valence-electron chi connectivity index (χ1n) is 5.63. The van der Waals surface area contributed by atoms with E-state index in [1.807, 2.05) is 17.5 Å². The summed E-state index contributed by atoms with van der Waals surface area (Å²) in [5, 5.41) is 13.8. The number of oxime groups is 1. The molecule has 0 atom stereocenters. The molecule has 6 heteroatoms. The van der Waals surface area contributed by atoms with Crippen LogP contribution in [0.15, 0.2) is 45.3 Å². The summed E-state index contributed by atoms with van der Waals surface area (Å²) in [5.74, 6) is 0.641. The molecule has 0 bridgehead atoms. The van der Waals surface area contributed by atoms with Crippen molar-refractivity contribution in [2.24, 2.45) is 10.9 Å². The molecule has 0 amide bonds. The van der Waals surface area contributed by atoms with Crippen LogP contribution < -0.4 is 10.5 Å². The lowest BCUT2D eigenvalue weighted by Gasteiger charge is -2.10. The van der Waals surface area contributed by atoms with Crippen molar-refractivity contribution in [3.8, 4) is 5.75 Å². The van der Waals surface area contributed by atoms with E-state index < -0.39 is 0 Å². The Morgan fingerprint density at radius 2 is 2.26 bits per heavy atom. The topological polar surface area (TPSA) is 67.8 Å². The van der Waals surface area contributed by atoms with E-state index in [0.29, 0.717) is 17.9 Å². The summed E-state index contributed by atoms with van der Waals surface area (Å²) in [6.07, 6.45) is 0.837. The molecule has 1 aromatic carbocycles. The molecule has 4 nitrogen and oxygen atoms in total. The summed E-state index contributed by atoms with van der Waals surface area (Å²) in [4.78, 5) is 1.27. The van der Waals surface area contributed by atoms with Gasteiger partial charge in [0, 0.05) is 15.8 Å². The predicted molar refractivity (Wildman–Crippen MR) is 80.2 cm³/mol. The van der Waals surface area contributed by atoms with Crippen molar-refractivity contribution in [3.05, 3.63) is 50.6 Å². The maximum absolute atomic E-state index is 8.77. The minimum absolute atomic E-state index is 0.0347. The lowest BCUT2D eigenvalue weighted by Crippen LogP contribution is -2.15. The van der Waals surface area contributed by atoms with Gasteiger partial charge in [0.1, 0.15) is 5.75 Å². The van der Waals surface area contributed by atoms with Gasteiger partial charge >= 0.3 is 0 Å². The zero-order valence-corrected chi connectivity index (χ0v) is 12.4. The first-order chi connectivity index (χ1) is 9.20. The van der Waals surface area contributed by atoms with E-state index in [2.05, 4.69) is 27.2 Å². The number of rotatable bonds is 5. The summed E-state index contributed by atoms with van der Waals surface area (Å²) in [7, 11) is 0. The zero-order valence-electron chi connectivity index (χ0n) is 10.0. The quantitative estimate of drug-likeness (QED) is 0.380. The maximum atomic E-state index is 8.77. The summed E-state index contributed by atoms with van der Waals surface area (Å²) < 4.78 is 6.55. The van der Waals surface area contributed by atoms with Gasteiger partial charge in [0.15, 0.2) is 5.84 Å². The molecule has 0 saturated heterocycles. The molecular weight excluding hydrogens is 328 g/mol. The molecule has 100 valence electrons. The average molecular weight is 341 g/mol. The molecule has 2 rings (SSSR count). The normalized spacial score (nSPS) is 11.5. The number of halogens is 1. The van der Waals surface area contributed by atoms with Gasteiger partial charge in [-0.05, 0) is 29.6 Å². The van der Waals surface area contributed by atoms with Gasteiger partial charge in [-0.1, -0.05) is 27.2 Å². The highest BCUT2D eigenvalue weighted by Gasteiger charge is 2.09. The lowest BCUT2D eigenvalue weighted by molar-refractivity contribution is 0.314. The summed E-state index contributed by atoms with van der Waals surface area (Å²) in [6, 6.07) is 9.50. The molecule has 0 aliphatic carbocycles. The predicted octanol–water partition coefficient (Wildman–Crippen LogP) is 3.23. The maximum Gasteiger partial charge on any atom is 0.173 e. The number of amidine groups is 1. The third-order valence-electron chi connectivity index (χ3n) is 2.51. The van der Waals surface area contributed by atoms with Gasteiger partial charge in [-0.3, -0.25) is 0 Å². The fourth-order valence-corrected chi connectivity index (χ4v) is 2.65. The third-order valence-corrected chi connectivity index (χ3v) is 3.94. The fourth-order valence-electron chi connectivity index (χ4n) is 1.60. The minimum atomic E-state index is 0.0347. The summed E-state index contributed by atoms with van der Waals surface area (Å²) >= 11 is 5.05. The Bertz CT molecular complexity index is 570. The van der Waals surface area contributed by atoms with Crippen LogP contribution in [-0.2, 0) is 6.42 Å². The van der Waals surface area contributed by atoms with Gasteiger partial charge in [0.05, 0.1) is 12.2 Å². The van der Waals surface area contributed by atoms with Crippen molar-refractivity contribution in [1.82, 2.24) is 0 Å². The molecule has 2 aromatic rings. The van der Waals surface area contributed by atoms with E-state index in [0.717, 1.165) is 10.9 Å². The molecule has 0 fully saturated rings. The van der Waals surface area contributed by atoms with Crippen molar-refractivity contribution >= 4 is 33.1 Å². The molecule has 0 aliphatic rings. The molecule has 1 heterocycles. The number of nitrogens with two attached hydrogens (primary N) is 1. The van der Waals surface area contributed by atoms with Gasteiger partial charge in [-0.2, -0.15) is 0 Å². The van der Waals surface area contributed by atoms with E-state index in [1.165, 1.54) is 4.88 Å². The lowest BCUT2D eigenvalue weighted by atomic mass is 10.2.